The Balaban J connectivity index is 2.85. The van der Waals surface area contributed by atoms with Gasteiger partial charge in [-0.15, -0.1) is 10.2 Å². The molecule has 0 saturated heterocycles. The highest BCUT2D eigenvalue weighted by molar-refractivity contribution is 6.19. The lowest BCUT2D eigenvalue weighted by atomic mass is 10.7. The fourth-order valence-corrected chi connectivity index (χ4v) is 0.496. The Kier molecular flexibility index (Phi) is 1.68. The van der Waals surface area contributed by atoms with E-state index in [9.17, 15) is 0 Å². The fraction of sp³-hybridized carbons (Fsp3) is 0.500. The van der Waals surface area contributed by atoms with Gasteiger partial charge in [0, 0.05) is 6.92 Å². The number of aliphatic hydroxyl groups excluding tert-OH is 1. The summed E-state index contributed by atoms with van der Waals surface area (Å²) in [6.07, 6.45) is 0. The van der Waals surface area contributed by atoms with Crippen LogP contribution in [-0.2, 0) is 0 Å². The standard InChI is InChI=1S/C4H5ClN2O2/c1-2-6-7-4(9-2)3(5)8/h3,8H,1H3. The molecule has 1 N–H and O–H groups in total. The summed E-state index contributed by atoms with van der Waals surface area (Å²) in [5.74, 6) is 0.430. The Morgan fingerprint density at radius 2 is 2.33 bits per heavy atom. The summed E-state index contributed by atoms with van der Waals surface area (Å²) in [4.78, 5) is 0. The van der Waals surface area contributed by atoms with Crippen LogP contribution in [0.25, 0.3) is 0 Å². The molecule has 0 aliphatic heterocycles. The van der Waals surface area contributed by atoms with E-state index in [2.05, 4.69) is 10.2 Å². The largest absolute Gasteiger partial charge is 0.421 e. The third-order valence-corrected chi connectivity index (χ3v) is 0.932. The molecule has 1 aromatic heterocycles. The van der Waals surface area contributed by atoms with Gasteiger partial charge in [0.1, 0.15) is 0 Å². The molecule has 0 saturated carbocycles. The molecule has 1 aromatic rings. The molecule has 1 unspecified atom stereocenters. The zero-order chi connectivity index (χ0) is 6.85. The van der Waals surface area contributed by atoms with E-state index in [1.165, 1.54) is 0 Å². The van der Waals surface area contributed by atoms with Crippen molar-refractivity contribution in [2.75, 3.05) is 0 Å². The molecule has 9 heavy (non-hydrogen) atoms. The minimum Gasteiger partial charge on any atom is -0.421 e. The SMILES string of the molecule is Cc1nnc(C(O)Cl)o1. The van der Waals surface area contributed by atoms with Crippen molar-refractivity contribution in [2.45, 2.75) is 12.5 Å². The molecule has 0 aromatic carbocycles. The molecule has 0 aliphatic carbocycles. The molecule has 0 aliphatic rings. The molecule has 0 bridgehead atoms. The van der Waals surface area contributed by atoms with Crippen molar-refractivity contribution in [2.24, 2.45) is 0 Å². The van der Waals surface area contributed by atoms with Crippen LogP contribution >= 0.6 is 11.6 Å². The van der Waals surface area contributed by atoms with E-state index in [4.69, 9.17) is 21.1 Å². The maximum atomic E-state index is 8.61. The van der Waals surface area contributed by atoms with E-state index in [0.717, 1.165) is 0 Å². The number of rotatable bonds is 1. The second-order valence-electron chi connectivity index (χ2n) is 1.50. The number of alkyl halides is 1. The topological polar surface area (TPSA) is 59.2 Å². The highest BCUT2D eigenvalue weighted by Gasteiger charge is 2.09. The average molecular weight is 149 g/mol. The van der Waals surface area contributed by atoms with Gasteiger partial charge in [-0.3, -0.25) is 0 Å². The smallest absolute Gasteiger partial charge is 0.260 e. The number of aromatic nitrogens is 2. The van der Waals surface area contributed by atoms with Crippen molar-refractivity contribution in [1.82, 2.24) is 10.2 Å². The molecule has 5 heteroatoms. The maximum Gasteiger partial charge on any atom is 0.260 e. The average Bonchev–Trinajstić information content (AvgIpc) is 2.14. The first-order valence-electron chi connectivity index (χ1n) is 2.32. The monoisotopic (exact) mass is 148 g/mol. The molecule has 0 fully saturated rings. The van der Waals surface area contributed by atoms with Crippen molar-refractivity contribution in [3.8, 4) is 0 Å². The zero-order valence-corrected chi connectivity index (χ0v) is 5.46. The van der Waals surface area contributed by atoms with Crippen LogP contribution in [0.3, 0.4) is 0 Å². The Labute approximate surface area is 56.5 Å². The summed E-state index contributed by atoms with van der Waals surface area (Å²) in [5.41, 5.74) is -1.19. The van der Waals surface area contributed by atoms with Crippen molar-refractivity contribution in [3.05, 3.63) is 11.8 Å². The first-order chi connectivity index (χ1) is 4.20. The number of aliphatic hydroxyl groups is 1. The van der Waals surface area contributed by atoms with Crippen LogP contribution in [0, 0.1) is 6.92 Å². The molecule has 1 rings (SSSR count). The number of aryl methyl sites for hydroxylation is 1. The third kappa shape index (κ3) is 1.40. The molecule has 0 amide bonds. The molecule has 1 heterocycles. The molecular formula is C4H5ClN2O2. The Hall–Kier alpha value is -0.610. The van der Waals surface area contributed by atoms with Crippen LogP contribution in [-0.4, -0.2) is 15.3 Å². The second kappa shape index (κ2) is 2.33. The lowest BCUT2D eigenvalue weighted by molar-refractivity contribution is 0.220. The van der Waals surface area contributed by atoms with Gasteiger partial charge in [-0.05, 0) is 0 Å². The van der Waals surface area contributed by atoms with Gasteiger partial charge in [0.05, 0.1) is 0 Å². The predicted molar refractivity (Wildman–Crippen MR) is 29.8 cm³/mol. The third-order valence-electron chi connectivity index (χ3n) is 0.745. The van der Waals surface area contributed by atoms with Crippen LogP contribution in [0.5, 0.6) is 0 Å². The van der Waals surface area contributed by atoms with Crippen molar-refractivity contribution < 1.29 is 9.52 Å². The van der Waals surface area contributed by atoms with E-state index < -0.39 is 5.56 Å². The van der Waals surface area contributed by atoms with Gasteiger partial charge in [0.25, 0.3) is 5.89 Å². The molecule has 0 spiro atoms. The lowest BCUT2D eigenvalue weighted by Gasteiger charge is -1.89. The van der Waals surface area contributed by atoms with E-state index in [-0.39, 0.29) is 5.89 Å². The van der Waals surface area contributed by atoms with Gasteiger partial charge in [0.2, 0.25) is 11.5 Å². The summed E-state index contributed by atoms with van der Waals surface area (Å²) >= 11 is 5.18. The second-order valence-corrected chi connectivity index (χ2v) is 1.91. The molecule has 4 nitrogen and oxygen atoms in total. The molecule has 1 atom stereocenters. The highest BCUT2D eigenvalue weighted by atomic mass is 35.5. The summed E-state index contributed by atoms with van der Waals surface area (Å²) in [7, 11) is 0. The summed E-state index contributed by atoms with van der Waals surface area (Å²) in [6.45, 7) is 1.62. The minimum atomic E-state index is -1.19. The van der Waals surface area contributed by atoms with Gasteiger partial charge in [-0.2, -0.15) is 0 Å². The van der Waals surface area contributed by atoms with E-state index in [1.54, 1.807) is 6.92 Å². The summed E-state index contributed by atoms with van der Waals surface area (Å²) in [6, 6.07) is 0. The van der Waals surface area contributed by atoms with Crippen LogP contribution in [0.15, 0.2) is 4.42 Å². The number of hydrogen-bond donors (Lipinski definition) is 1. The van der Waals surface area contributed by atoms with E-state index in [1.807, 2.05) is 0 Å². The van der Waals surface area contributed by atoms with Gasteiger partial charge in [-0.1, -0.05) is 11.6 Å². The lowest BCUT2D eigenvalue weighted by Crippen LogP contribution is -1.86. The summed E-state index contributed by atoms with van der Waals surface area (Å²) < 4.78 is 4.74. The normalized spacial score (nSPS) is 13.7. The quantitative estimate of drug-likeness (QED) is 0.593. The minimum absolute atomic E-state index is 0.0363. The van der Waals surface area contributed by atoms with Crippen molar-refractivity contribution >= 4 is 11.6 Å². The summed E-state index contributed by atoms with van der Waals surface area (Å²) in [5, 5.41) is 15.5. The van der Waals surface area contributed by atoms with Crippen LogP contribution in [0.1, 0.15) is 17.3 Å². The Morgan fingerprint density at radius 1 is 1.67 bits per heavy atom. The Bertz CT molecular complexity index is 198. The van der Waals surface area contributed by atoms with Crippen LogP contribution in [0.4, 0.5) is 0 Å². The van der Waals surface area contributed by atoms with Gasteiger partial charge < -0.3 is 9.52 Å². The molecule has 0 radical (unpaired) electrons. The first kappa shape index (κ1) is 6.51. The van der Waals surface area contributed by atoms with Crippen molar-refractivity contribution in [3.63, 3.8) is 0 Å². The van der Waals surface area contributed by atoms with Gasteiger partial charge in [-0.25, -0.2) is 0 Å². The van der Waals surface area contributed by atoms with E-state index in [0.29, 0.717) is 5.89 Å². The van der Waals surface area contributed by atoms with Crippen LogP contribution in [0.2, 0.25) is 0 Å². The highest BCUT2D eigenvalue weighted by Crippen LogP contribution is 2.13. The van der Waals surface area contributed by atoms with Crippen molar-refractivity contribution in [1.29, 1.82) is 0 Å². The van der Waals surface area contributed by atoms with E-state index >= 15 is 0 Å². The molecule has 50 valence electrons. The van der Waals surface area contributed by atoms with Gasteiger partial charge >= 0.3 is 0 Å². The fourth-order valence-electron chi connectivity index (χ4n) is 0.408. The Morgan fingerprint density at radius 3 is 2.56 bits per heavy atom. The van der Waals surface area contributed by atoms with Gasteiger partial charge in [0.15, 0.2) is 0 Å². The number of hydrogen-bond acceptors (Lipinski definition) is 4. The number of halogens is 1. The molecular weight excluding hydrogens is 144 g/mol. The predicted octanol–water partition coefficient (Wildman–Crippen LogP) is 0.608. The number of nitrogens with zero attached hydrogens (tertiary/aromatic N) is 2. The zero-order valence-electron chi connectivity index (χ0n) is 4.71. The maximum absolute atomic E-state index is 8.61. The van der Waals surface area contributed by atoms with Crippen LogP contribution < -0.4 is 0 Å². The first-order valence-corrected chi connectivity index (χ1v) is 2.76.